The molecule has 94 valence electrons. The van der Waals surface area contributed by atoms with Gasteiger partial charge in [0.05, 0.1) is 5.52 Å². The first-order chi connectivity index (χ1) is 8.74. The average molecular weight is 244 g/mol. The molecule has 3 heterocycles. The number of nitrogens with two attached hydrogens (primary N) is 2. The number of nitrogens with zero attached hydrogens (tertiary/aromatic N) is 4. The van der Waals surface area contributed by atoms with E-state index >= 15 is 0 Å². The maximum absolute atomic E-state index is 5.99. The van der Waals surface area contributed by atoms with E-state index in [0.717, 1.165) is 37.3 Å². The standard InChI is InChI=1S/C12H16N6/c13-8-2-1-5-18(6-8)10-4-3-9-11(17-10)12(14)16-7-15-9/h3-4,7-8H,1-2,5-6,13H2,(H2,14,15,16). The molecule has 1 aliphatic rings. The van der Waals surface area contributed by atoms with Gasteiger partial charge in [0, 0.05) is 19.1 Å². The summed E-state index contributed by atoms with van der Waals surface area (Å²) in [5, 5.41) is 0. The fraction of sp³-hybridized carbons (Fsp3) is 0.417. The van der Waals surface area contributed by atoms with Gasteiger partial charge < -0.3 is 16.4 Å². The van der Waals surface area contributed by atoms with E-state index < -0.39 is 0 Å². The predicted octanol–water partition coefficient (Wildman–Crippen LogP) is 0.535. The Balaban J connectivity index is 1.99. The summed E-state index contributed by atoms with van der Waals surface area (Å²) < 4.78 is 0. The topological polar surface area (TPSA) is 94.0 Å². The molecule has 1 atom stereocenters. The van der Waals surface area contributed by atoms with Crippen molar-refractivity contribution in [2.75, 3.05) is 23.7 Å². The Bertz CT molecular complexity index is 569. The molecule has 2 aromatic heterocycles. The third kappa shape index (κ3) is 1.95. The van der Waals surface area contributed by atoms with Crippen molar-refractivity contribution < 1.29 is 0 Å². The van der Waals surface area contributed by atoms with Crippen LogP contribution in [0.25, 0.3) is 11.0 Å². The van der Waals surface area contributed by atoms with E-state index in [0.29, 0.717) is 11.3 Å². The number of hydrogen-bond acceptors (Lipinski definition) is 6. The van der Waals surface area contributed by atoms with Crippen LogP contribution in [0.3, 0.4) is 0 Å². The summed E-state index contributed by atoms with van der Waals surface area (Å²) in [7, 11) is 0. The number of rotatable bonds is 1. The van der Waals surface area contributed by atoms with Crippen molar-refractivity contribution in [3.05, 3.63) is 18.5 Å². The molecule has 2 aromatic rings. The lowest BCUT2D eigenvalue weighted by Gasteiger charge is -2.31. The molecule has 0 aromatic carbocycles. The minimum atomic E-state index is 0.223. The van der Waals surface area contributed by atoms with Gasteiger partial charge in [0.25, 0.3) is 0 Å². The Kier molecular flexibility index (Phi) is 2.71. The zero-order valence-electron chi connectivity index (χ0n) is 10.1. The highest BCUT2D eigenvalue weighted by atomic mass is 15.2. The van der Waals surface area contributed by atoms with Crippen LogP contribution in [0.2, 0.25) is 0 Å². The zero-order chi connectivity index (χ0) is 12.5. The van der Waals surface area contributed by atoms with Crippen molar-refractivity contribution in [2.24, 2.45) is 5.73 Å². The fourth-order valence-corrected chi connectivity index (χ4v) is 2.34. The number of fused-ring (bicyclic) bond motifs is 1. The number of anilines is 2. The molecule has 1 aliphatic heterocycles. The summed E-state index contributed by atoms with van der Waals surface area (Å²) in [6.07, 6.45) is 3.63. The minimum Gasteiger partial charge on any atom is -0.382 e. The molecular weight excluding hydrogens is 228 g/mol. The van der Waals surface area contributed by atoms with Crippen LogP contribution in [0.15, 0.2) is 18.5 Å². The predicted molar refractivity (Wildman–Crippen MR) is 71.2 cm³/mol. The maximum Gasteiger partial charge on any atom is 0.153 e. The molecule has 1 saturated heterocycles. The van der Waals surface area contributed by atoms with Crippen LogP contribution in [-0.2, 0) is 0 Å². The second-order valence-electron chi connectivity index (χ2n) is 4.64. The van der Waals surface area contributed by atoms with Gasteiger partial charge in [-0.25, -0.2) is 15.0 Å². The van der Waals surface area contributed by atoms with Gasteiger partial charge in [0.1, 0.15) is 17.7 Å². The smallest absolute Gasteiger partial charge is 0.153 e. The molecule has 6 nitrogen and oxygen atoms in total. The molecule has 18 heavy (non-hydrogen) atoms. The van der Waals surface area contributed by atoms with E-state index in [9.17, 15) is 0 Å². The van der Waals surface area contributed by atoms with E-state index in [1.54, 1.807) is 0 Å². The molecular formula is C12H16N6. The van der Waals surface area contributed by atoms with E-state index in [2.05, 4.69) is 19.9 Å². The highest BCUT2D eigenvalue weighted by Crippen LogP contribution is 2.21. The number of nitrogen functional groups attached to an aromatic ring is 1. The molecule has 3 rings (SSSR count). The van der Waals surface area contributed by atoms with Crippen LogP contribution in [0.4, 0.5) is 11.6 Å². The van der Waals surface area contributed by atoms with Crippen LogP contribution < -0.4 is 16.4 Å². The maximum atomic E-state index is 5.99. The van der Waals surface area contributed by atoms with Crippen molar-refractivity contribution in [2.45, 2.75) is 18.9 Å². The van der Waals surface area contributed by atoms with Crippen molar-refractivity contribution >= 4 is 22.7 Å². The first-order valence-electron chi connectivity index (χ1n) is 6.12. The van der Waals surface area contributed by atoms with Crippen LogP contribution >= 0.6 is 0 Å². The molecule has 1 unspecified atom stereocenters. The quantitative estimate of drug-likeness (QED) is 0.760. The number of hydrogen-bond donors (Lipinski definition) is 2. The van der Waals surface area contributed by atoms with E-state index in [4.69, 9.17) is 11.5 Å². The summed E-state index contributed by atoms with van der Waals surface area (Å²) in [6.45, 7) is 1.83. The monoisotopic (exact) mass is 244 g/mol. The lowest BCUT2D eigenvalue weighted by molar-refractivity contribution is 0.503. The van der Waals surface area contributed by atoms with Gasteiger partial charge in [0.15, 0.2) is 5.82 Å². The van der Waals surface area contributed by atoms with Crippen molar-refractivity contribution in [3.8, 4) is 0 Å². The van der Waals surface area contributed by atoms with E-state index in [1.165, 1.54) is 6.33 Å². The summed E-state index contributed by atoms with van der Waals surface area (Å²) in [5.74, 6) is 1.32. The Morgan fingerprint density at radius 2 is 2.17 bits per heavy atom. The normalized spacial score (nSPS) is 20.3. The van der Waals surface area contributed by atoms with Gasteiger partial charge >= 0.3 is 0 Å². The molecule has 0 aliphatic carbocycles. The third-order valence-electron chi connectivity index (χ3n) is 3.28. The van der Waals surface area contributed by atoms with E-state index in [1.807, 2.05) is 12.1 Å². The lowest BCUT2D eigenvalue weighted by Crippen LogP contribution is -2.43. The van der Waals surface area contributed by atoms with Crippen molar-refractivity contribution in [1.29, 1.82) is 0 Å². The fourth-order valence-electron chi connectivity index (χ4n) is 2.34. The van der Waals surface area contributed by atoms with Gasteiger partial charge in [-0.15, -0.1) is 0 Å². The molecule has 0 bridgehead atoms. The summed E-state index contributed by atoms with van der Waals surface area (Å²) in [4.78, 5) is 14.9. The van der Waals surface area contributed by atoms with Crippen LogP contribution in [0, 0.1) is 0 Å². The summed E-state index contributed by atoms with van der Waals surface area (Å²) >= 11 is 0. The molecule has 0 saturated carbocycles. The first kappa shape index (κ1) is 11.2. The summed E-state index contributed by atoms with van der Waals surface area (Å²) in [5.41, 5.74) is 13.2. The second kappa shape index (κ2) is 4.38. The highest BCUT2D eigenvalue weighted by Gasteiger charge is 2.18. The van der Waals surface area contributed by atoms with Gasteiger partial charge in [-0.3, -0.25) is 0 Å². The molecule has 0 spiro atoms. The molecule has 1 fully saturated rings. The Hall–Kier alpha value is -1.95. The highest BCUT2D eigenvalue weighted by molar-refractivity contribution is 5.84. The van der Waals surface area contributed by atoms with Crippen LogP contribution in [-0.4, -0.2) is 34.1 Å². The Morgan fingerprint density at radius 3 is 3.00 bits per heavy atom. The molecule has 6 heteroatoms. The number of pyridine rings is 1. The first-order valence-corrected chi connectivity index (χ1v) is 6.12. The molecule has 0 amide bonds. The van der Waals surface area contributed by atoms with Gasteiger partial charge in [-0.1, -0.05) is 0 Å². The van der Waals surface area contributed by atoms with Crippen LogP contribution in [0.5, 0.6) is 0 Å². The minimum absolute atomic E-state index is 0.223. The molecule has 0 radical (unpaired) electrons. The van der Waals surface area contributed by atoms with Gasteiger partial charge in [0.2, 0.25) is 0 Å². The second-order valence-corrected chi connectivity index (χ2v) is 4.64. The van der Waals surface area contributed by atoms with Gasteiger partial charge in [-0.2, -0.15) is 0 Å². The number of aromatic nitrogens is 3. The SMILES string of the molecule is Nc1ncnc2ccc(N3CCCC(N)C3)nc12. The molecule has 4 N–H and O–H groups in total. The average Bonchev–Trinajstić information content (AvgIpc) is 2.39. The van der Waals surface area contributed by atoms with Crippen molar-refractivity contribution in [1.82, 2.24) is 15.0 Å². The van der Waals surface area contributed by atoms with Crippen molar-refractivity contribution in [3.63, 3.8) is 0 Å². The van der Waals surface area contributed by atoms with Crippen LogP contribution in [0.1, 0.15) is 12.8 Å². The lowest BCUT2D eigenvalue weighted by atomic mass is 10.1. The van der Waals surface area contributed by atoms with E-state index in [-0.39, 0.29) is 6.04 Å². The zero-order valence-corrected chi connectivity index (χ0v) is 10.1. The largest absolute Gasteiger partial charge is 0.382 e. The third-order valence-corrected chi connectivity index (χ3v) is 3.28. The van der Waals surface area contributed by atoms with Gasteiger partial charge in [-0.05, 0) is 25.0 Å². The Morgan fingerprint density at radius 1 is 1.28 bits per heavy atom. The summed E-state index contributed by atoms with van der Waals surface area (Å²) in [6, 6.07) is 4.11. The number of piperidine rings is 1. The Labute approximate surface area is 105 Å².